The zero-order valence-corrected chi connectivity index (χ0v) is 13.5. The number of carbonyl (C=O) groups is 1. The highest BCUT2D eigenvalue weighted by atomic mass is 79.9. The van der Waals surface area contributed by atoms with Crippen molar-refractivity contribution in [2.75, 3.05) is 5.32 Å². The largest absolute Gasteiger partial charge is 0.481 e. The summed E-state index contributed by atoms with van der Waals surface area (Å²) in [4.78, 5) is 22.1. The Balaban J connectivity index is 2.07. The van der Waals surface area contributed by atoms with Gasteiger partial charge in [-0.3, -0.25) is 14.9 Å². The Bertz CT molecular complexity index is 737. The number of nitro benzene ring substituents is 1. The second-order valence-electron chi connectivity index (χ2n) is 4.62. The third kappa shape index (κ3) is 4.49. The van der Waals surface area contributed by atoms with Crippen molar-refractivity contribution in [3.8, 4) is 5.75 Å². The molecule has 1 N–H and O–H groups in total. The lowest BCUT2D eigenvalue weighted by Gasteiger charge is -2.15. The smallest absolute Gasteiger partial charge is 0.271 e. The van der Waals surface area contributed by atoms with E-state index < -0.39 is 22.8 Å². The molecule has 1 unspecified atom stereocenters. The van der Waals surface area contributed by atoms with E-state index in [1.165, 1.54) is 6.92 Å². The maximum Gasteiger partial charge on any atom is 0.271 e. The van der Waals surface area contributed by atoms with Crippen LogP contribution in [0.4, 0.5) is 15.8 Å². The minimum atomic E-state index is -0.908. The Hall–Kier alpha value is -2.48. The van der Waals surface area contributed by atoms with Gasteiger partial charge in [0.1, 0.15) is 11.6 Å². The Morgan fingerprint density at radius 3 is 2.57 bits per heavy atom. The van der Waals surface area contributed by atoms with Crippen LogP contribution >= 0.6 is 15.9 Å². The van der Waals surface area contributed by atoms with E-state index in [4.69, 9.17) is 4.74 Å². The monoisotopic (exact) mass is 382 g/mol. The fourth-order valence-electron chi connectivity index (χ4n) is 1.73. The number of benzene rings is 2. The molecule has 0 saturated heterocycles. The van der Waals surface area contributed by atoms with Gasteiger partial charge in [0.05, 0.1) is 10.6 Å². The maximum absolute atomic E-state index is 13.6. The zero-order chi connectivity index (χ0) is 17.0. The molecule has 1 amide bonds. The second kappa shape index (κ2) is 7.19. The standard InChI is InChI=1S/C15H12BrFN2O4/c1-9(23-12-5-2-10(16)3-6-12)15(20)18-14-8-11(19(21)22)4-7-13(14)17/h2-9H,1H3,(H,18,20). The summed E-state index contributed by atoms with van der Waals surface area (Å²) in [6, 6.07) is 9.74. The molecule has 0 aliphatic heterocycles. The Morgan fingerprint density at radius 1 is 1.30 bits per heavy atom. The molecular weight excluding hydrogens is 371 g/mol. The molecule has 2 aromatic carbocycles. The van der Waals surface area contributed by atoms with E-state index in [1.807, 2.05) is 0 Å². The summed E-state index contributed by atoms with van der Waals surface area (Å²) in [6.45, 7) is 1.49. The molecule has 1 atom stereocenters. The first kappa shape index (κ1) is 16.9. The Kier molecular flexibility index (Phi) is 5.28. The van der Waals surface area contributed by atoms with Crippen LogP contribution in [0.1, 0.15) is 6.92 Å². The lowest BCUT2D eigenvalue weighted by atomic mass is 10.2. The van der Waals surface area contributed by atoms with E-state index in [9.17, 15) is 19.3 Å². The van der Waals surface area contributed by atoms with E-state index in [2.05, 4.69) is 21.2 Å². The van der Waals surface area contributed by atoms with Crippen molar-refractivity contribution < 1.29 is 18.8 Å². The molecule has 0 bridgehead atoms. The molecule has 8 heteroatoms. The van der Waals surface area contributed by atoms with Crippen LogP contribution in [0, 0.1) is 15.9 Å². The van der Waals surface area contributed by atoms with Crippen LogP contribution in [-0.4, -0.2) is 16.9 Å². The van der Waals surface area contributed by atoms with Gasteiger partial charge in [0.25, 0.3) is 11.6 Å². The summed E-state index contributed by atoms with van der Waals surface area (Å²) in [5.74, 6) is -0.914. The number of non-ortho nitro benzene ring substituents is 1. The molecule has 0 aliphatic rings. The molecule has 0 heterocycles. The minimum absolute atomic E-state index is 0.268. The molecule has 0 radical (unpaired) electrons. The van der Waals surface area contributed by atoms with E-state index >= 15 is 0 Å². The van der Waals surface area contributed by atoms with Crippen LogP contribution in [0.3, 0.4) is 0 Å². The number of nitrogens with zero attached hydrogens (tertiary/aromatic N) is 1. The predicted octanol–water partition coefficient (Wildman–Crippen LogP) is 3.90. The third-order valence-corrected chi connectivity index (χ3v) is 3.44. The highest BCUT2D eigenvalue weighted by molar-refractivity contribution is 9.10. The van der Waals surface area contributed by atoms with Crippen LogP contribution in [0.5, 0.6) is 5.75 Å². The van der Waals surface area contributed by atoms with E-state index in [0.29, 0.717) is 5.75 Å². The first-order valence-electron chi connectivity index (χ1n) is 6.54. The van der Waals surface area contributed by atoms with Gasteiger partial charge in [0.15, 0.2) is 6.10 Å². The van der Waals surface area contributed by atoms with Crippen molar-refractivity contribution in [1.29, 1.82) is 0 Å². The Labute approximate surface area is 139 Å². The van der Waals surface area contributed by atoms with Crippen LogP contribution in [-0.2, 0) is 4.79 Å². The molecule has 2 aromatic rings. The number of ether oxygens (including phenoxy) is 1. The van der Waals surface area contributed by atoms with Crippen molar-refractivity contribution in [3.05, 3.63) is 62.9 Å². The average Bonchev–Trinajstić information content (AvgIpc) is 2.51. The first-order chi connectivity index (χ1) is 10.9. The molecule has 0 aromatic heterocycles. The summed E-state index contributed by atoms with van der Waals surface area (Å²) in [7, 11) is 0. The van der Waals surface area contributed by atoms with E-state index in [-0.39, 0.29) is 11.4 Å². The number of rotatable bonds is 5. The number of amides is 1. The molecule has 2 rings (SSSR count). The van der Waals surface area contributed by atoms with Gasteiger partial charge in [0, 0.05) is 16.6 Å². The van der Waals surface area contributed by atoms with Gasteiger partial charge in [-0.05, 0) is 37.3 Å². The van der Waals surface area contributed by atoms with Crippen LogP contribution in [0.25, 0.3) is 0 Å². The van der Waals surface area contributed by atoms with Gasteiger partial charge in [-0.1, -0.05) is 15.9 Å². The summed E-state index contributed by atoms with van der Waals surface area (Å²) >= 11 is 3.28. The number of hydrogen-bond donors (Lipinski definition) is 1. The van der Waals surface area contributed by atoms with Crippen LogP contribution < -0.4 is 10.1 Å². The molecule has 0 saturated carbocycles. The molecule has 0 fully saturated rings. The van der Waals surface area contributed by atoms with Crippen molar-refractivity contribution in [3.63, 3.8) is 0 Å². The second-order valence-corrected chi connectivity index (χ2v) is 5.54. The predicted molar refractivity (Wildman–Crippen MR) is 85.9 cm³/mol. The number of hydrogen-bond acceptors (Lipinski definition) is 4. The molecule has 0 spiro atoms. The van der Waals surface area contributed by atoms with Crippen LogP contribution in [0.15, 0.2) is 46.9 Å². The van der Waals surface area contributed by atoms with Crippen molar-refractivity contribution in [1.82, 2.24) is 0 Å². The summed E-state index contributed by atoms with van der Waals surface area (Å²) in [5, 5.41) is 13.0. The molecule has 120 valence electrons. The topological polar surface area (TPSA) is 81.5 Å². The van der Waals surface area contributed by atoms with Gasteiger partial charge < -0.3 is 10.1 Å². The van der Waals surface area contributed by atoms with Crippen molar-refractivity contribution >= 4 is 33.2 Å². The van der Waals surface area contributed by atoms with Crippen molar-refractivity contribution in [2.24, 2.45) is 0 Å². The molecule has 0 aliphatic carbocycles. The SMILES string of the molecule is CC(Oc1ccc(Br)cc1)C(=O)Nc1cc([N+](=O)[O-])ccc1F. The summed E-state index contributed by atoms with van der Waals surface area (Å²) in [6.07, 6.45) is -0.908. The highest BCUT2D eigenvalue weighted by Gasteiger charge is 2.18. The van der Waals surface area contributed by atoms with E-state index in [0.717, 1.165) is 22.7 Å². The fourth-order valence-corrected chi connectivity index (χ4v) is 1.99. The molecular formula is C15H12BrFN2O4. The Morgan fingerprint density at radius 2 is 1.96 bits per heavy atom. The number of anilines is 1. The van der Waals surface area contributed by atoms with Gasteiger partial charge in [0.2, 0.25) is 0 Å². The number of halogens is 2. The number of nitro groups is 1. The summed E-state index contributed by atoms with van der Waals surface area (Å²) in [5.41, 5.74) is -0.585. The maximum atomic E-state index is 13.6. The zero-order valence-electron chi connectivity index (χ0n) is 12.0. The number of nitrogens with one attached hydrogen (secondary N) is 1. The normalized spacial score (nSPS) is 11.6. The lowest BCUT2D eigenvalue weighted by Crippen LogP contribution is -2.30. The summed E-state index contributed by atoms with van der Waals surface area (Å²) < 4.78 is 19.9. The van der Waals surface area contributed by atoms with E-state index in [1.54, 1.807) is 24.3 Å². The average molecular weight is 383 g/mol. The minimum Gasteiger partial charge on any atom is -0.481 e. The van der Waals surface area contributed by atoms with Gasteiger partial charge in [-0.25, -0.2) is 4.39 Å². The van der Waals surface area contributed by atoms with Crippen LogP contribution in [0.2, 0.25) is 0 Å². The molecule has 6 nitrogen and oxygen atoms in total. The van der Waals surface area contributed by atoms with Gasteiger partial charge in [-0.2, -0.15) is 0 Å². The van der Waals surface area contributed by atoms with Gasteiger partial charge in [-0.15, -0.1) is 0 Å². The molecule has 23 heavy (non-hydrogen) atoms. The lowest BCUT2D eigenvalue weighted by molar-refractivity contribution is -0.384. The quantitative estimate of drug-likeness (QED) is 0.627. The van der Waals surface area contributed by atoms with Gasteiger partial charge >= 0.3 is 0 Å². The van der Waals surface area contributed by atoms with Crippen molar-refractivity contribution in [2.45, 2.75) is 13.0 Å². The highest BCUT2D eigenvalue weighted by Crippen LogP contribution is 2.22. The first-order valence-corrected chi connectivity index (χ1v) is 7.33. The number of carbonyl (C=O) groups excluding carboxylic acids is 1. The fraction of sp³-hybridized carbons (Fsp3) is 0.133. The third-order valence-electron chi connectivity index (χ3n) is 2.91.